The Morgan fingerprint density at radius 1 is 1.10 bits per heavy atom. The van der Waals surface area contributed by atoms with Gasteiger partial charge in [-0.3, -0.25) is 29.4 Å². The van der Waals surface area contributed by atoms with Crippen molar-refractivity contribution in [1.82, 2.24) is 25.8 Å². The summed E-state index contributed by atoms with van der Waals surface area (Å²) in [5.74, 6) is -4.52. The molecule has 4 unspecified atom stereocenters. The Balaban J connectivity index is 1.86. The third-order valence-electron chi connectivity index (χ3n) is 6.44. The largest absolute Gasteiger partial charge is 0.480 e. The Morgan fingerprint density at radius 2 is 1.77 bits per heavy atom. The zero-order valence-electron chi connectivity index (χ0n) is 22.1. The Hall–Kier alpha value is -3.65. The van der Waals surface area contributed by atoms with Crippen LogP contribution in [0.3, 0.4) is 0 Å². The number of ether oxygens (including phenoxy) is 1. The summed E-state index contributed by atoms with van der Waals surface area (Å²) in [5.41, 5.74) is 0.354. The fourth-order valence-corrected chi connectivity index (χ4v) is 5.85. The van der Waals surface area contributed by atoms with Gasteiger partial charge in [0.1, 0.15) is 12.1 Å². The van der Waals surface area contributed by atoms with Gasteiger partial charge in [-0.05, 0) is 33.3 Å². The number of nitrogens with zero attached hydrogens (tertiary/aromatic N) is 2. The van der Waals surface area contributed by atoms with E-state index in [-0.39, 0.29) is 19.7 Å². The summed E-state index contributed by atoms with van der Waals surface area (Å²) in [5, 5.41) is 16.8. The summed E-state index contributed by atoms with van der Waals surface area (Å²) < 4.78 is 4.34. The number of nitrogens with one attached hydrogen (secondary N) is 3. The van der Waals surface area contributed by atoms with E-state index in [1.807, 2.05) is 0 Å². The van der Waals surface area contributed by atoms with E-state index in [4.69, 9.17) is 4.74 Å². The molecule has 3 rings (SSSR count). The van der Waals surface area contributed by atoms with Gasteiger partial charge in [-0.1, -0.05) is 30.3 Å². The first-order valence-corrected chi connectivity index (χ1v) is 13.4. The second-order valence-corrected chi connectivity index (χ2v) is 11.2. The number of hydrogen-bond donors (Lipinski definition) is 4. The van der Waals surface area contributed by atoms with Gasteiger partial charge in [-0.25, -0.2) is 9.59 Å². The van der Waals surface area contributed by atoms with E-state index < -0.39 is 63.9 Å². The van der Waals surface area contributed by atoms with Crippen molar-refractivity contribution in [3.05, 3.63) is 35.9 Å². The number of likely N-dealkylation sites (N-methyl/N-ethyl adjacent to an activating group) is 1. The van der Waals surface area contributed by atoms with Crippen molar-refractivity contribution < 1.29 is 38.6 Å². The molecule has 14 heteroatoms. The second kappa shape index (κ2) is 12.5. The van der Waals surface area contributed by atoms with Crippen LogP contribution < -0.4 is 16.0 Å². The van der Waals surface area contributed by atoms with Crippen molar-refractivity contribution in [2.45, 2.75) is 55.9 Å². The number of amides is 5. The minimum Gasteiger partial charge on any atom is -0.480 e. The lowest BCUT2D eigenvalue weighted by atomic mass is 10.0. The Morgan fingerprint density at radius 3 is 2.33 bits per heavy atom. The minimum atomic E-state index is -1.35. The van der Waals surface area contributed by atoms with Gasteiger partial charge in [0.05, 0.1) is 12.0 Å². The average molecular weight is 564 g/mol. The third-order valence-corrected chi connectivity index (χ3v) is 7.95. The highest BCUT2D eigenvalue weighted by Crippen LogP contribution is 2.39. The molecule has 2 aliphatic heterocycles. The molecule has 2 heterocycles. The summed E-state index contributed by atoms with van der Waals surface area (Å²) in [7, 11) is 0. The first-order chi connectivity index (χ1) is 18.4. The van der Waals surface area contributed by atoms with Gasteiger partial charge in [0.15, 0.2) is 6.04 Å². The van der Waals surface area contributed by atoms with Crippen LogP contribution in [0.15, 0.2) is 30.3 Å². The average Bonchev–Trinajstić information content (AvgIpc) is 3.22. The summed E-state index contributed by atoms with van der Waals surface area (Å²) in [6.07, 6.45) is 0. The van der Waals surface area contributed by atoms with Crippen LogP contribution in [0.1, 0.15) is 39.3 Å². The van der Waals surface area contributed by atoms with Crippen LogP contribution in [0.4, 0.5) is 4.79 Å². The van der Waals surface area contributed by atoms with Crippen LogP contribution in [0, 0.1) is 0 Å². The molecule has 2 saturated heterocycles. The molecular weight excluding hydrogens is 530 g/mol. The van der Waals surface area contributed by atoms with Gasteiger partial charge in [-0.15, -0.1) is 11.8 Å². The van der Waals surface area contributed by atoms with Gasteiger partial charge in [0.2, 0.25) is 5.91 Å². The molecule has 1 aromatic carbocycles. The summed E-state index contributed by atoms with van der Waals surface area (Å²) in [6.45, 7) is 7.17. The summed E-state index contributed by atoms with van der Waals surface area (Å²) in [6, 6.07) is 3.57. The van der Waals surface area contributed by atoms with E-state index in [0.717, 1.165) is 4.90 Å². The maximum Gasteiger partial charge on any atom is 0.331 e. The fraction of sp³-hybridized carbons (Fsp3) is 0.520. The van der Waals surface area contributed by atoms with Crippen molar-refractivity contribution in [2.24, 2.45) is 0 Å². The molecule has 13 nitrogen and oxygen atoms in total. The number of hydrogen-bond acceptors (Lipinski definition) is 9. The Labute approximate surface area is 230 Å². The lowest BCUT2D eigenvalue weighted by Crippen LogP contribution is -2.60. The number of imide groups is 1. The summed E-state index contributed by atoms with van der Waals surface area (Å²) in [4.78, 5) is 78.2. The SMILES string of the molecule is CCOC(=O)C(NC(=O)C(NC(=O)N1CCN(CC)C(=O)C1=O)c1ccccc1)C1NC(C(=O)O)C(C)(C)S1. The van der Waals surface area contributed by atoms with Gasteiger partial charge >= 0.3 is 29.8 Å². The molecule has 0 aliphatic carbocycles. The van der Waals surface area contributed by atoms with Crippen LogP contribution >= 0.6 is 11.8 Å². The normalized spacial score (nSPS) is 22.2. The van der Waals surface area contributed by atoms with Gasteiger partial charge < -0.3 is 25.4 Å². The van der Waals surface area contributed by atoms with Gasteiger partial charge in [-0.2, -0.15) is 0 Å². The number of carbonyl (C=O) groups is 6. The first kappa shape index (κ1) is 29.9. The first-order valence-electron chi connectivity index (χ1n) is 12.5. The van der Waals surface area contributed by atoms with E-state index in [1.54, 1.807) is 58.0 Å². The molecule has 0 bridgehead atoms. The molecule has 2 fully saturated rings. The van der Waals surface area contributed by atoms with E-state index in [9.17, 15) is 33.9 Å². The van der Waals surface area contributed by atoms with E-state index >= 15 is 0 Å². The van der Waals surface area contributed by atoms with Crippen LogP contribution in [-0.4, -0.2) is 99.0 Å². The van der Waals surface area contributed by atoms with Crippen molar-refractivity contribution in [3.8, 4) is 0 Å². The number of thioether (sulfide) groups is 1. The molecule has 0 radical (unpaired) electrons. The van der Waals surface area contributed by atoms with Crippen LogP contribution in [0.5, 0.6) is 0 Å². The minimum absolute atomic E-state index is 0.0209. The van der Waals surface area contributed by atoms with Crippen molar-refractivity contribution >= 4 is 47.5 Å². The van der Waals surface area contributed by atoms with Crippen LogP contribution in [0.2, 0.25) is 0 Å². The van der Waals surface area contributed by atoms with Crippen molar-refractivity contribution in [3.63, 3.8) is 0 Å². The van der Waals surface area contributed by atoms with Crippen molar-refractivity contribution in [1.29, 1.82) is 0 Å². The number of esters is 1. The van der Waals surface area contributed by atoms with Gasteiger partial charge in [0.25, 0.3) is 0 Å². The zero-order valence-corrected chi connectivity index (χ0v) is 22.9. The topological polar surface area (TPSA) is 174 Å². The van der Waals surface area contributed by atoms with Gasteiger partial charge in [0, 0.05) is 24.4 Å². The molecule has 4 atom stereocenters. The quantitative estimate of drug-likeness (QED) is 0.238. The number of carboxylic acid groups (broad SMARTS) is 1. The summed E-state index contributed by atoms with van der Waals surface area (Å²) >= 11 is 1.17. The smallest absolute Gasteiger partial charge is 0.331 e. The molecule has 4 N–H and O–H groups in total. The van der Waals surface area contributed by atoms with E-state index in [1.165, 1.54) is 16.7 Å². The lowest BCUT2D eigenvalue weighted by molar-refractivity contribution is -0.153. The number of aliphatic carboxylic acids is 1. The number of piperazine rings is 1. The molecular formula is C25H33N5O8S. The monoisotopic (exact) mass is 563 g/mol. The molecule has 0 saturated carbocycles. The second-order valence-electron chi connectivity index (χ2n) is 9.45. The standard InChI is InChI=1S/C25H33N5O8S/c1-5-29-12-13-30(21(33)20(29)32)24(37)27-15(14-10-8-7-9-11-14)18(31)26-16(23(36)38-6-2)19-28-17(22(34)35)25(3,4)39-19/h7-11,15-17,19,28H,5-6,12-13H2,1-4H3,(H,26,31)(H,27,37)(H,34,35). The molecule has 2 aliphatic rings. The number of carbonyl (C=O) groups excluding carboxylic acids is 5. The Kier molecular flexibility index (Phi) is 9.56. The maximum atomic E-state index is 13.6. The number of benzene rings is 1. The molecule has 39 heavy (non-hydrogen) atoms. The van der Waals surface area contributed by atoms with E-state index in [0.29, 0.717) is 12.1 Å². The fourth-order valence-electron chi connectivity index (χ4n) is 4.37. The van der Waals surface area contributed by atoms with Crippen LogP contribution in [0.25, 0.3) is 0 Å². The highest BCUT2D eigenvalue weighted by atomic mass is 32.2. The molecule has 212 valence electrons. The predicted molar refractivity (Wildman–Crippen MR) is 140 cm³/mol. The van der Waals surface area contributed by atoms with E-state index in [2.05, 4.69) is 16.0 Å². The van der Waals surface area contributed by atoms with Crippen LogP contribution in [-0.2, 0) is 28.7 Å². The highest BCUT2D eigenvalue weighted by molar-refractivity contribution is 8.01. The highest BCUT2D eigenvalue weighted by Gasteiger charge is 2.50. The number of urea groups is 1. The van der Waals surface area contributed by atoms with Crippen molar-refractivity contribution in [2.75, 3.05) is 26.2 Å². The molecule has 0 aromatic heterocycles. The zero-order chi connectivity index (χ0) is 28.9. The maximum absolute atomic E-state index is 13.6. The number of rotatable bonds is 9. The molecule has 5 amide bonds. The number of carboxylic acids is 1. The molecule has 0 spiro atoms. The Bertz CT molecular complexity index is 1130. The predicted octanol–water partition coefficient (Wildman–Crippen LogP) is 0.0702. The third kappa shape index (κ3) is 6.68. The molecule has 1 aromatic rings. The lowest BCUT2D eigenvalue weighted by Gasteiger charge is -2.33.